The van der Waals surface area contributed by atoms with E-state index in [1.54, 1.807) is 12.2 Å². The van der Waals surface area contributed by atoms with Crippen molar-refractivity contribution in [3.63, 3.8) is 0 Å². The van der Waals surface area contributed by atoms with Crippen LogP contribution in [0.15, 0.2) is 49.6 Å². The zero-order valence-corrected chi connectivity index (χ0v) is 17.4. The fourth-order valence-electron chi connectivity index (χ4n) is 3.43. The van der Waals surface area contributed by atoms with Gasteiger partial charge in [-0.05, 0) is 35.2 Å². The minimum absolute atomic E-state index is 0.0825. The first-order valence-electron chi connectivity index (χ1n) is 9.75. The number of benzene rings is 2. The molecular formula is C24H26O6. The Morgan fingerprint density at radius 1 is 1.03 bits per heavy atom. The number of carbonyl (C=O) groups is 1. The Morgan fingerprint density at radius 2 is 1.73 bits per heavy atom. The summed E-state index contributed by atoms with van der Waals surface area (Å²) in [5, 5.41) is 0. The van der Waals surface area contributed by atoms with E-state index in [1.807, 2.05) is 31.2 Å². The second-order valence-electron chi connectivity index (χ2n) is 6.58. The van der Waals surface area contributed by atoms with Gasteiger partial charge in [-0.25, -0.2) is 0 Å². The van der Waals surface area contributed by atoms with Crippen molar-refractivity contribution >= 4 is 5.97 Å². The summed E-state index contributed by atoms with van der Waals surface area (Å²) >= 11 is 0. The van der Waals surface area contributed by atoms with Gasteiger partial charge >= 0.3 is 5.97 Å². The fourth-order valence-corrected chi connectivity index (χ4v) is 3.43. The van der Waals surface area contributed by atoms with Crippen molar-refractivity contribution < 1.29 is 28.5 Å². The topological polar surface area (TPSA) is 63.2 Å². The van der Waals surface area contributed by atoms with E-state index in [9.17, 15) is 4.79 Å². The highest BCUT2D eigenvalue weighted by atomic mass is 16.7. The molecule has 0 spiro atoms. The van der Waals surface area contributed by atoms with Gasteiger partial charge in [0.05, 0.1) is 13.5 Å². The van der Waals surface area contributed by atoms with E-state index in [0.717, 1.165) is 22.3 Å². The molecule has 0 amide bonds. The number of fused-ring (bicyclic) bond motifs is 1. The van der Waals surface area contributed by atoms with Crippen LogP contribution in [-0.2, 0) is 22.4 Å². The molecule has 0 N–H and O–H groups in total. The van der Waals surface area contributed by atoms with Crippen LogP contribution in [0, 0.1) is 0 Å². The molecular weight excluding hydrogens is 384 g/mol. The molecule has 0 radical (unpaired) electrons. The lowest BCUT2D eigenvalue weighted by atomic mass is 9.90. The van der Waals surface area contributed by atoms with E-state index in [0.29, 0.717) is 42.6 Å². The average Bonchev–Trinajstić information content (AvgIpc) is 3.23. The van der Waals surface area contributed by atoms with Gasteiger partial charge in [-0.15, -0.1) is 0 Å². The van der Waals surface area contributed by atoms with Gasteiger partial charge in [0.15, 0.2) is 11.5 Å². The lowest BCUT2D eigenvalue weighted by Crippen LogP contribution is -2.11. The van der Waals surface area contributed by atoms with Crippen LogP contribution >= 0.6 is 0 Å². The second kappa shape index (κ2) is 9.87. The number of methoxy groups -OCH3 is 1. The molecule has 1 aliphatic rings. The van der Waals surface area contributed by atoms with Gasteiger partial charge in [0, 0.05) is 11.6 Å². The molecule has 0 saturated heterocycles. The summed E-state index contributed by atoms with van der Waals surface area (Å²) in [6.07, 6.45) is 4.09. The first-order chi connectivity index (χ1) is 14.6. The summed E-state index contributed by atoms with van der Waals surface area (Å²) < 4.78 is 27.8. The zero-order chi connectivity index (χ0) is 21.5. The lowest BCUT2D eigenvalue weighted by molar-refractivity contribution is -0.139. The maximum Gasteiger partial charge on any atom is 0.310 e. The molecule has 0 unspecified atom stereocenters. The summed E-state index contributed by atoms with van der Waals surface area (Å²) in [6, 6.07) is 7.52. The normalized spacial score (nSPS) is 11.7. The quantitative estimate of drug-likeness (QED) is 0.425. The Labute approximate surface area is 176 Å². The Balaban J connectivity index is 2.25. The Kier molecular flexibility index (Phi) is 7.01. The van der Waals surface area contributed by atoms with Crippen LogP contribution in [0.3, 0.4) is 0 Å². The molecule has 30 heavy (non-hydrogen) atoms. The predicted molar refractivity (Wildman–Crippen MR) is 114 cm³/mol. The number of hydrogen-bond acceptors (Lipinski definition) is 6. The maximum atomic E-state index is 12.3. The minimum atomic E-state index is -0.345. The molecule has 2 aromatic carbocycles. The van der Waals surface area contributed by atoms with Crippen LogP contribution in [0.25, 0.3) is 11.1 Å². The molecule has 0 aromatic heterocycles. The molecule has 6 heteroatoms. The molecule has 3 rings (SSSR count). The summed E-state index contributed by atoms with van der Waals surface area (Å²) in [5.41, 5.74) is 3.36. The zero-order valence-electron chi connectivity index (χ0n) is 17.4. The summed E-state index contributed by atoms with van der Waals surface area (Å²) in [4.78, 5) is 12.3. The fraction of sp³-hybridized carbons (Fsp3) is 0.292. The summed E-state index contributed by atoms with van der Waals surface area (Å²) in [5.74, 6) is 2.23. The number of esters is 1. The van der Waals surface area contributed by atoms with E-state index in [2.05, 4.69) is 13.2 Å². The number of rotatable bonds is 10. The Hall–Kier alpha value is -3.41. The van der Waals surface area contributed by atoms with Crippen LogP contribution in [0.5, 0.6) is 23.0 Å². The van der Waals surface area contributed by atoms with Gasteiger partial charge < -0.3 is 23.7 Å². The Bertz CT molecular complexity index is 947. The highest BCUT2D eigenvalue weighted by molar-refractivity contribution is 5.84. The van der Waals surface area contributed by atoms with Gasteiger partial charge in [0.2, 0.25) is 6.79 Å². The van der Waals surface area contributed by atoms with Gasteiger partial charge in [0.25, 0.3) is 0 Å². The molecule has 0 saturated carbocycles. The largest absolute Gasteiger partial charge is 0.489 e. The van der Waals surface area contributed by atoms with Crippen molar-refractivity contribution in [1.29, 1.82) is 0 Å². The predicted octanol–water partition coefficient (Wildman–Crippen LogP) is 4.49. The first-order valence-corrected chi connectivity index (χ1v) is 9.75. The number of ether oxygens (including phenoxy) is 5. The van der Waals surface area contributed by atoms with Crippen LogP contribution in [0.1, 0.15) is 18.1 Å². The number of carbonyl (C=O) groups excluding carboxylic acids is 1. The molecule has 2 aromatic rings. The van der Waals surface area contributed by atoms with E-state index < -0.39 is 0 Å². The lowest BCUT2D eigenvalue weighted by Gasteiger charge is -2.22. The van der Waals surface area contributed by atoms with Crippen LogP contribution < -0.4 is 18.9 Å². The third-order valence-electron chi connectivity index (χ3n) is 4.75. The molecule has 0 bridgehead atoms. The first kappa shape index (κ1) is 21.3. The van der Waals surface area contributed by atoms with E-state index in [-0.39, 0.29) is 19.2 Å². The molecule has 158 valence electrons. The van der Waals surface area contributed by atoms with Crippen molar-refractivity contribution in [1.82, 2.24) is 0 Å². The average molecular weight is 410 g/mol. The van der Waals surface area contributed by atoms with Crippen LogP contribution in [0.4, 0.5) is 0 Å². The van der Waals surface area contributed by atoms with E-state index in [4.69, 9.17) is 23.7 Å². The molecule has 0 aliphatic carbocycles. The van der Waals surface area contributed by atoms with E-state index >= 15 is 0 Å². The van der Waals surface area contributed by atoms with Gasteiger partial charge in [-0.3, -0.25) is 4.79 Å². The van der Waals surface area contributed by atoms with Gasteiger partial charge in [-0.2, -0.15) is 0 Å². The van der Waals surface area contributed by atoms with Crippen molar-refractivity contribution in [3.05, 3.63) is 60.7 Å². The third-order valence-corrected chi connectivity index (χ3v) is 4.75. The number of hydrogen-bond donors (Lipinski definition) is 0. The Morgan fingerprint density at radius 3 is 2.40 bits per heavy atom. The monoisotopic (exact) mass is 410 g/mol. The van der Waals surface area contributed by atoms with Crippen molar-refractivity contribution in [2.45, 2.75) is 19.8 Å². The minimum Gasteiger partial charge on any atom is -0.489 e. The molecule has 1 heterocycles. The summed E-state index contributed by atoms with van der Waals surface area (Å²) in [6.45, 7) is 10.3. The molecule has 0 atom stereocenters. The van der Waals surface area contributed by atoms with Gasteiger partial charge in [-0.1, -0.05) is 38.3 Å². The smallest absolute Gasteiger partial charge is 0.310 e. The highest BCUT2D eigenvalue weighted by Gasteiger charge is 2.24. The van der Waals surface area contributed by atoms with Crippen molar-refractivity contribution in [3.8, 4) is 34.1 Å². The van der Waals surface area contributed by atoms with Crippen molar-refractivity contribution in [2.24, 2.45) is 0 Å². The summed E-state index contributed by atoms with van der Waals surface area (Å²) in [7, 11) is 1.38. The highest BCUT2D eigenvalue weighted by Crippen LogP contribution is 2.44. The van der Waals surface area contributed by atoms with E-state index in [1.165, 1.54) is 7.11 Å². The standard InChI is InChI=1S/C24H26O6/c1-5-10-27-20-14-22(28-11-6-2)24(18(17(20)7-3)13-23(25)26-4)16-8-9-19-21(12-16)30-15-29-19/h5-6,8-9,12,14H,1-2,7,10-11,13,15H2,3-4H3. The molecule has 1 aliphatic heterocycles. The van der Waals surface area contributed by atoms with Crippen LogP contribution in [0.2, 0.25) is 0 Å². The molecule has 0 fully saturated rings. The van der Waals surface area contributed by atoms with Crippen LogP contribution in [-0.4, -0.2) is 33.1 Å². The van der Waals surface area contributed by atoms with Crippen molar-refractivity contribution in [2.75, 3.05) is 27.1 Å². The van der Waals surface area contributed by atoms with Gasteiger partial charge in [0.1, 0.15) is 24.7 Å². The second-order valence-corrected chi connectivity index (χ2v) is 6.58. The maximum absolute atomic E-state index is 12.3. The molecule has 6 nitrogen and oxygen atoms in total. The SMILES string of the molecule is C=CCOc1cc(OCC=C)c(-c2ccc3c(c2)OCO3)c(CC(=O)OC)c1CC. The third kappa shape index (κ3) is 4.43.